The van der Waals surface area contributed by atoms with E-state index in [1.807, 2.05) is 24.3 Å². The van der Waals surface area contributed by atoms with E-state index in [2.05, 4.69) is 15.9 Å². The van der Waals surface area contributed by atoms with Crippen molar-refractivity contribution in [2.75, 3.05) is 0 Å². The van der Waals surface area contributed by atoms with Crippen molar-refractivity contribution >= 4 is 21.7 Å². The van der Waals surface area contributed by atoms with Crippen molar-refractivity contribution in [3.63, 3.8) is 0 Å². The highest BCUT2D eigenvalue weighted by molar-refractivity contribution is 9.10. The maximum Gasteiger partial charge on any atom is 0.136 e. The molecule has 74 valence electrons. The zero-order valence-electron chi connectivity index (χ0n) is 7.70. The maximum absolute atomic E-state index is 11.0. The molecule has 0 radical (unpaired) electrons. The fourth-order valence-electron chi connectivity index (χ4n) is 1.61. The lowest BCUT2D eigenvalue weighted by molar-refractivity contribution is -0.117. The van der Waals surface area contributed by atoms with Gasteiger partial charge in [0.1, 0.15) is 17.6 Å². The van der Waals surface area contributed by atoms with Crippen LogP contribution in [0.2, 0.25) is 0 Å². The molecule has 3 heteroatoms. The predicted octanol–water partition coefficient (Wildman–Crippen LogP) is 2.95. The van der Waals surface area contributed by atoms with Crippen LogP contribution in [-0.2, 0) is 4.79 Å². The Morgan fingerprint density at radius 3 is 2.93 bits per heavy atom. The summed E-state index contributed by atoms with van der Waals surface area (Å²) in [4.78, 5) is 11.0. The maximum atomic E-state index is 11.0. The van der Waals surface area contributed by atoms with E-state index in [4.69, 9.17) is 4.74 Å². The summed E-state index contributed by atoms with van der Waals surface area (Å²) in [5.74, 6) is 1.14. The quantitative estimate of drug-likeness (QED) is 0.812. The summed E-state index contributed by atoms with van der Waals surface area (Å²) in [7, 11) is 0. The van der Waals surface area contributed by atoms with Gasteiger partial charge in [-0.3, -0.25) is 4.79 Å². The minimum absolute atomic E-state index is 0.0804. The molecule has 1 atom stereocenters. The van der Waals surface area contributed by atoms with Crippen LogP contribution in [0.25, 0.3) is 0 Å². The van der Waals surface area contributed by atoms with Gasteiger partial charge in [0.25, 0.3) is 0 Å². The van der Waals surface area contributed by atoms with E-state index >= 15 is 0 Å². The molecule has 1 aromatic rings. The SMILES string of the molecule is O=C1CCC(Oc2cccc(Br)c2)C1. The molecule has 0 bridgehead atoms. The molecule has 1 fully saturated rings. The molecule has 1 saturated carbocycles. The van der Waals surface area contributed by atoms with Crippen LogP contribution in [-0.4, -0.2) is 11.9 Å². The highest BCUT2D eigenvalue weighted by Gasteiger charge is 2.23. The first kappa shape index (κ1) is 9.71. The number of rotatable bonds is 2. The first-order chi connectivity index (χ1) is 6.74. The van der Waals surface area contributed by atoms with Gasteiger partial charge in [0, 0.05) is 17.3 Å². The van der Waals surface area contributed by atoms with Crippen molar-refractivity contribution < 1.29 is 9.53 Å². The van der Waals surface area contributed by atoms with Gasteiger partial charge >= 0.3 is 0 Å². The van der Waals surface area contributed by atoms with Gasteiger partial charge in [0.15, 0.2) is 0 Å². The standard InChI is InChI=1S/C11H11BrO2/c12-8-2-1-3-10(6-8)14-11-5-4-9(13)7-11/h1-3,6,11H,4-5,7H2. The molecular formula is C11H11BrO2. The number of hydrogen-bond acceptors (Lipinski definition) is 2. The number of carbonyl (C=O) groups is 1. The summed E-state index contributed by atoms with van der Waals surface area (Å²) in [6, 6.07) is 7.71. The van der Waals surface area contributed by atoms with Crippen LogP contribution in [0.3, 0.4) is 0 Å². The topological polar surface area (TPSA) is 26.3 Å². The number of hydrogen-bond donors (Lipinski definition) is 0. The summed E-state index contributed by atoms with van der Waals surface area (Å²) in [6.45, 7) is 0. The van der Waals surface area contributed by atoms with E-state index in [0.29, 0.717) is 18.6 Å². The highest BCUT2D eigenvalue weighted by Crippen LogP contribution is 2.24. The van der Waals surface area contributed by atoms with Crippen molar-refractivity contribution in [3.05, 3.63) is 28.7 Å². The zero-order valence-corrected chi connectivity index (χ0v) is 9.29. The summed E-state index contributed by atoms with van der Waals surface area (Å²) < 4.78 is 6.68. The Morgan fingerprint density at radius 1 is 1.43 bits per heavy atom. The monoisotopic (exact) mass is 254 g/mol. The smallest absolute Gasteiger partial charge is 0.136 e. The van der Waals surface area contributed by atoms with E-state index in [0.717, 1.165) is 16.6 Å². The third-order valence-electron chi connectivity index (χ3n) is 2.30. The molecule has 1 aliphatic carbocycles. The normalized spacial score (nSPS) is 21.2. The van der Waals surface area contributed by atoms with Crippen molar-refractivity contribution in [2.45, 2.75) is 25.4 Å². The molecule has 0 heterocycles. The van der Waals surface area contributed by atoms with Crippen LogP contribution in [0.15, 0.2) is 28.7 Å². The Hall–Kier alpha value is -0.830. The first-order valence-electron chi connectivity index (χ1n) is 4.68. The van der Waals surface area contributed by atoms with Crippen LogP contribution < -0.4 is 4.74 Å². The van der Waals surface area contributed by atoms with Crippen LogP contribution in [0.5, 0.6) is 5.75 Å². The molecule has 14 heavy (non-hydrogen) atoms. The van der Waals surface area contributed by atoms with Gasteiger partial charge in [-0.15, -0.1) is 0 Å². The summed E-state index contributed by atoms with van der Waals surface area (Å²) in [5, 5.41) is 0. The lowest BCUT2D eigenvalue weighted by Gasteiger charge is -2.12. The van der Waals surface area contributed by atoms with E-state index in [1.54, 1.807) is 0 Å². The molecule has 1 aromatic carbocycles. The van der Waals surface area contributed by atoms with Crippen molar-refractivity contribution in [2.24, 2.45) is 0 Å². The summed E-state index contributed by atoms with van der Waals surface area (Å²) in [6.07, 6.45) is 2.16. The molecule has 2 rings (SSSR count). The van der Waals surface area contributed by atoms with Gasteiger partial charge in [-0.2, -0.15) is 0 Å². The van der Waals surface area contributed by atoms with E-state index in [-0.39, 0.29) is 6.10 Å². The molecule has 0 spiro atoms. The summed E-state index contributed by atoms with van der Waals surface area (Å²) >= 11 is 3.38. The second-order valence-electron chi connectivity index (χ2n) is 3.48. The number of Topliss-reactive ketones (excluding diaryl/α,β-unsaturated/α-hetero) is 1. The van der Waals surface area contributed by atoms with E-state index < -0.39 is 0 Å². The molecule has 2 nitrogen and oxygen atoms in total. The molecule has 0 amide bonds. The molecule has 0 aliphatic heterocycles. The lowest BCUT2D eigenvalue weighted by atomic mass is 10.3. The van der Waals surface area contributed by atoms with Gasteiger partial charge < -0.3 is 4.74 Å². The molecule has 0 N–H and O–H groups in total. The average molecular weight is 255 g/mol. The average Bonchev–Trinajstić information content (AvgIpc) is 2.51. The third-order valence-corrected chi connectivity index (χ3v) is 2.79. The number of halogens is 1. The number of carbonyl (C=O) groups excluding carboxylic acids is 1. The predicted molar refractivity (Wildman–Crippen MR) is 57.4 cm³/mol. The Morgan fingerprint density at radius 2 is 2.29 bits per heavy atom. The zero-order chi connectivity index (χ0) is 9.97. The Balaban J connectivity index is 2.00. The second-order valence-corrected chi connectivity index (χ2v) is 4.39. The van der Waals surface area contributed by atoms with Crippen LogP contribution >= 0.6 is 15.9 Å². The molecule has 0 aromatic heterocycles. The number of ether oxygens (including phenoxy) is 1. The largest absolute Gasteiger partial charge is 0.490 e. The Labute approximate surface area is 91.4 Å². The van der Waals surface area contributed by atoms with E-state index in [1.165, 1.54) is 0 Å². The van der Waals surface area contributed by atoms with Gasteiger partial charge in [0.2, 0.25) is 0 Å². The van der Waals surface area contributed by atoms with Crippen LogP contribution in [0, 0.1) is 0 Å². The fraction of sp³-hybridized carbons (Fsp3) is 0.364. The number of ketones is 1. The van der Waals surface area contributed by atoms with Gasteiger partial charge in [0.05, 0.1) is 0 Å². The number of benzene rings is 1. The third kappa shape index (κ3) is 2.35. The Kier molecular flexibility index (Phi) is 2.87. The highest BCUT2D eigenvalue weighted by atomic mass is 79.9. The molecule has 1 unspecified atom stereocenters. The van der Waals surface area contributed by atoms with E-state index in [9.17, 15) is 4.79 Å². The Bertz CT molecular complexity index is 349. The lowest BCUT2D eigenvalue weighted by Crippen LogP contribution is -2.11. The molecular weight excluding hydrogens is 244 g/mol. The second kappa shape index (κ2) is 4.13. The van der Waals surface area contributed by atoms with Crippen molar-refractivity contribution in [1.82, 2.24) is 0 Å². The molecule has 0 saturated heterocycles. The minimum Gasteiger partial charge on any atom is -0.490 e. The summed E-state index contributed by atoms with van der Waals surface area (Å²) in [5.41, 5.74) is 0. The van der Waals surface area contributed by atoms with Crippen molar-refractivity contribution in [1.29, 1.82) is 0 Å². The fourth-order valence-corrected chi connectivity index (χ4v) is 1.99. The van der Waals surface area contributed by atoms with Crippen LogP contribution in [0.4, 0.5) is 0 Å². The van der Waals surface area contributed by atoms with Gasteiger partial charge in [-0.05, 0) is 24.6 Å². The first-order valence-corrected chi connectivity index (χ1v) is 5.47. The van der Waals surface area contributed by atoms with Crippen molar-refractivity contribution in [3.8, 4) is 5.75 Å². The van der Waals surface area contributed by atoms with Gasteiger partial charge in [-0.1, -0.05) is 22.0 Å². The molecule has 1 aliphatic rings. The van der Waals surface area contributed by atoms with Gasteiger partial charge in [-0.25, -0.2) is 0 Å². The van der Waals surface area contributed by atoms with Crippen LogP contribution in [0.1, 0.15) is 19.3 Å². The minimum atomic E-state index is 0.0804.